The van der Waals surface area contributed by atoms with Gasteiger partial charge in [-0.2, -0.15) is 0 Å². The molecule has 1 aliphatic heterocycles. The van der Waals surface area contributed by atoms with E-state index in [9.17, 15) is 0 Å². The highest BCUT2D eigenvalue weighted by molar-refractivity contribution is 8.01. The molecule has 0 unspecified atom stereocenters. The Morgan fingerprint density at radius 1 is 1.07 bits per heavy atom. The number of hydrogen-bond donors (Lipinski definition) is 0. The standard InChI is InChI=1S/C12H11NS/c1-2-6-11(7-3-1)10-12-8-4-5-9-14-13-12/h1-9H,10H2. The van der Waals surface area contributed by atoms with Crippen LogP contribution in [0.2, 0.25) is 0 Å². The average molecular weight is 201 g/mol. The smallest absolute Gasteiger partial charge is 0.0534 e. The Balaban J connectivity index is 2.08. The maximum atomic E-state index is 4.38. The zero-order valence-electron chi connectivity index (χ0n) is 7.76. The lowest BCUT2D eigenvalue weighted by molar-refractivity contribution is 1.34. The first-order valence-electron chi connectivity index (χ1n) is 4.55. The van der Waals surface area contributed by atoms with E-state index in [0.29, 0.717) is 0 Å². The summed E-state index contributed by atoms with van der Waals surface area (Å²) in [5.41, 5.74) is 2.42. The molecule has 70 valence electrons. The summed E-state index contributed by atoms with van der Waals surface area (Å²) in [6, 6.07) is 10.4. The van der Waals surface area contributed by atoms with Crippen molar-refractivity contribution in [1.29, 1.82) is 0 Å². The second-order valence-corrected chi connectivity index (χ2v) is 3.70. The summed E-state index contributed by atoms with van der Waals surface area (Å²) in [5.74, 6) is 0. The lowest BCUT2D eigenvalue weighted by Crippen LogP contribution is -1.97. The van der Waals surface area contributed by atoms with Gasteiger partial charge in [0.1, 0.15) is 0 Å². The summed E-state index contributed by atoms with van der Waals surface area (Å²) in [5, 5.41) is 1.98. The van der Waals surface area contributed by atoms with E-state index in [2.05, 4.69) is 34.7 Å². The Morgan fingerprint density at radius 3 is 2.79 bits per heavy atom. The van der Waals surface area contributed by atoms with Crippen molar-refractivity contribution in [3.05, 3.63) is 59.5 Å². The highest BCUT2D eigenvalue weighted by Gasteiger charge is 1.98. The van der Waals surface area contributed by atoms with Crippen molar-refractivity contribution in [3.8, 4) is 0 Å². The fourth-order valence-electron chi connectivity index (χ4n) is 1.27. The maximum Gasteiger partial charge on any atom is 0.0534 e. The van der Waals surface area contributed by atoms with Crippen LogP contribution in [-0.4, -0.2) is 5.71 Å². The lowest BCUT2D eigenvalue weighted by atomic mass is 10.1. The molecule has 0 saturated heterocycles. The van der Waals surface area contributed by atoms with Gasteiger partial charge in [-0.1, -0.05) is 42.5 Å². The Kier molecular flexibility index (Phi) is 3.19. The SMILES string of the molecule is C1=CSN=C(Cc2ccccc2)C=C1. The third-order valence-electron chi connectivity index (χ3n) is 1.94. The molecule has 2 rings (SSSR count). The van der Waals surface area contributed by atoms with Gasteiger partial charge in [-0.15, -0.1) is 0 Å². The van der Waals surface area contributed by atoms with Crippen molar-refractivity contribution in [2.45, 2.75) is 6.42 Å². The zero-order valence-corrected chi connectivity index (χ0v) is 8.58. The van der Waals surface area contributed by atoms with Crippen LogP contribution in [0.4, 0.5) is 0 Å². The van der Waals surface area contributed by atoms with Gasteiger partial charge in [-0.25, -0.2) is 4.40 Å². The van der Waals surface area contributed by atoms with E-state index in [-0.39, 0.29) is 0 Å². The minimum Gasteiger partial charge on any atom is -0.216 e. The summed E-state index contributed by atoms with van der Waals surface area (Å²) in [4.78, 5) is 0. The van der Waals surface area contributed by atoms with Crippen LogP contribution in [0.15, 0.2) is 58.4 Å². The molecule has 1 nitrogen and oxygen atoms in total. The fraction of sp³-hybridized carbons (Fsp3) is 0.0833. The van der Waals surface area contributed by atoms with Crippen LogP contribution in [0.3, 0.4) is 0 Å². The number of hydrogen-bond acceptors (Lipinski definition) is 2. The van der Waals surface area contributed by atoms with Crippen LogP contribution in [0.5, 0.6) is 0 Å². The van der Waals surface area contributed by atoms with Crippen LogP contribution in [0.25, 0.3) is 0 Å². The minimum absolute atomic E-state index is 0.909. The van der Waals surface area contributed by atoms with Gasteiger partial charge in [-0.05, 0) is 17.0 Å². The predicted molar refractivity (Wildman–Crippen MR) is 63.5 cm³/mol. The predicted octanol–water partition coefficient (Wildman–Crippen LogP) is 3.40. The van der Waals surface area contributed by atoms with E-state index in [0.717, 1.165) is 12.1 Å². The molecule has 0 fully saturated rings. The molecule has 1 heterocycles. The molecule has 14 heavy (non-hydrogen) atoms. The van der Waals surface area contributed by atoms with Crippen molar-refractivity contribution in [1.82, 2.24) is 0 Å². The highest BCUT2D eigenvalue weighted by Crippen LogP contribution is 2.11. The van der Waals surface area contributed by atoms with E-state index in [4.69, 9.17) is 0 Å². The molecular weight excluding hydrogens is 190 g/mol. The van der Waals surface area contributed by atoms with Crippen molar-refractivity contribution >= 4 is 17.7 Å². The van der Waals surface area contributed by atoms with E-state index < -0.39 is 0 Å². The molecule has 0 N–H and O–H groups in total. The van der Waals surface area contributed by atoms with Crippen LogP contribution >= 0.6 is 11.9 Å². The third-order valence-corrected chi connectivity index (χ3v) is 2.56. The number of benzene rings is 1. The lowest BCUT2D eigenvalue weighted by Gasteiger charge is -1.99. The molecule has 0 atom stereocenters. The molecule has 1 aromatic carbocycles. The highest BCUT2D eigenvalue weighted by atomic mass is 32.2. The van der Waals surface area contributed by atoms with Gasteiger partial charge in [0, 0.05) is 18.4 Å². The van der Waals surface area contributed by atoms with Crippen LogP contribution < -0.4 is 0 Å². The van der Waals surface area contributed by atoms with E-state index in [1.165, 1.54) is 17.5 Å². The van der Waals surface area contributed by atoms with Crippen LogP contribution in [0, 0.1) is 0 Å². The molecular formula is C12H11NS. The first-order valence-corrected chi connectivity index (χ1v) is 5.38. The Morgan fingerprint density at radius 2 is 1.93 bits per heavy atom. The monoisotopic (exact) mass is 201 g/mol. The van der Waals surface area contributed by atoms with Gasteiger partial charge in [0.25, 0.3) is 0 Å². The summed E-state index contributed by atoms with van der Waals surface area (Å²) < 4.78 is 4.38. The summed E-state index contributed by atoms with van der Waals surface area (Å²) in [6.07, 6.45) is 7.00. The first-order chi connectivity index (χ1) is 6.95. The minimum atomic E-state index is 0.909. The number of rotatable bonds is 2. The molecule has 0 spiro atoms. The van der Waals surface area contributed by atoms with Crippen molar-refractivity contribution in [3.63, 3.8) is 0 Å². The Hall–Kier alpha value is -1.28. The molecule has 2 heteroatoms. The van der Waals surface area contributed by atoms with Gasteiger partial charge >= 0.3 is 0 Å². The zero-order chi connectivity index (χ0) is 9.64. The largest absolute Gasteiger partial charge is 0.216 e. The van der Waals surface area contributed by atoms with Crippen LogP contribution in [0.1, 0.15) is 5.56 Å². The van der Waals surface area contributed by atoms with Gasteiger partial charge in [0.15, 0.2) is 0 Å². The summed E-state index contributed by atoms with van der Waals surface area (Å²) in [6.45, 7) is 0. The van der Waals surface area contributed by atoms with Gasteiger partial charge in [0.2, 0.25) is 0 Å². The average Bonchev–Trinajstić information content (AvgIpc) is 2.48. The van der Waals surface area contributed by atoms with E-state index in [1.54, 1.807) is 0 Å². The number of nitrogens with zero attached hydrogens (tertiary/aromatic N) is 1. The Labute approximate surface area is 88.4 Å². The molecule has 1 aliphatic rings. The Bertz CT molecular complexity index is 377. The fourth-order valence-corrected chi connectivity index (χ4v) is 1.75. The topological polar surface area (TPSA) is 12.4 Å². The van der Waals surface area contributed by atoms with E-state index >= 15 is 0 Å². The molecule has 0 saturated carbocycles. The molecule has 0 radical (unpaired) electrons. The third kappa shape index (κ3) is 2.60. The number of allylic oxidation sites excluding steroid dienone is 3. The first kappa shape index (κ1) is 9.28. The molecule has 0 amide bonds. The van der Waals surface area contributed by atoms with Crippen molar-refractivity contribution in [2.75, 3.05) is 0 Å². The normalized spacial score (nSPS) is 15.0. The second-order valence-electron chi connectivity index (χ2n) is 3.04. The molecule has 0 aliphatic carbocycles. The van der Waals surface area contributed by atoms with Crippen LogP contribution in [-0.2, 0) is 6.42 Å². The summed E-state index contributed by atoms with van der Waals surface area (Å²) in [7, 11) is 0. The molecule has 0 bridgehead atoms. The molecule has 1 aromatic rings. The van der Waals surface area contributed by atoms with Gasteiger partial charge in [-0.3, -0.25) is 0 Å². The van der Waals surface area contributed by atoms with Crippen molar-refractivity contribution in [2.24, 2.45) is 4.40 Å². The maximum absolute atomic E-state index is 4.38. The van der Waals surface area contributed by atoms with Gasteiger partial charge < -0.3 is 0 Å². The second kappa shape index (κ2) is 4.82. The van der Waals surface area contributed by atoms with Gasteiger partial charge in [0.05, 0.1) is 5.71 Å². The quantitative estimate of drug-likeness (QED) is 0.668. The van der Waals surface area contributed by atoms with E-state index in [1.807, 2.05) is 23.6 Å². The molecule has 0 aromatic heterocycles. The summed E-state index contributed by atoms with van der Waals surface area (Å²) >= 11 is 1.49. The van der Waals surface area contributed by atoms with Crippen molar-refractivity contribution < 1.29 is 0 Å².